The first-order chi connectivity index (χ1) is 15.7. The van der Waals surface area contributed by atoms with E-state index >= 15 is 0 Å². The average molecular weight is 438 g/mol. The van der Waals surface area contributed by atoms with E-state index in [9.17, 15) is 9.18 Å². The number of amides is 1. The van der Waals surface area contributed by atoms with Crippen LogP contribution in [0.25, 0.3) is 11.3 Å². The molecule has 1 amide bonds. The molecule has 10 nitrogen and oxygen atoms in total. The molecule has 1 aliphatic heterocycles. The molecule has 1 aromatic carbocycles. The Balaban J connectivity index is 1.22. The van der Waals surface area contributed by atoms with Crippen LogP contribution in [0.2, 0.25) is 0 Å². The minimum absolute atomic E-state index is 0.206. The normalized spacial score (nSPS) is 14.0. The van der Waals surface area contributed by atoms with Crippen molar-refractivity contribution in [1.29, 1.82) is 0 Å². The van der Waals surface area contributed by atoms with Gasteiger partial charge in [-0.15, -0.1) is 0 Å². The van der Waals surface area contributed by atoms with Gasteiger partial charge in [-0.2, -0.15) is 0 Å². The molecule has 32 heavy (non-hydrogen) atoms. The van der Waals surface area contributed by atoms with Crippen molar-refractivity contribution < 1.29 is 22.8 Å². The molecule has 0 aliphatic carbocycles. The highest BCUT2D eigenvalue weighted by atomic mass is 19.1. The highest BCUT2D eigenvalue weighted by Gasteiger charge is 2.25. The van der Waals surface area contributed by atoms with Gasteiger partial charge in [-0.1, -0.05) is 21.5 Å². The van der Waals surface area contributed by atoms with Crippen LogP contribution in [0.5, 0.6) is 0 Å². The zero-order valence-corrected chi connectivity index (χ0v) is 16.9. The lowest BCUT2D eigenvalue weighted by atomic mass is 10.1. The van der Waals surface area contributed by atoms with Gasteiger partial charge in [0.15, 0.2) is 11.6 Å². The van der Waals surface area contributed by atoms with E-state index in [4.69, 9.17) is 13.6 Å². The van der Waals surface area contributed by atoms with E-state index in [2.05, 4.69) is 20.8 Å². The first-order valence-corrected chi connectivity index (χ1v) is 10.0. The highest BCUT2D eigenvalue weighted by Crippen LogP contribution is 2.27. The van der Waals surface area contributed by atoms with Crippen molar-refractivity contribution in [1.82, 2.24) is 20.4 Å². The van der Waals surface area contributed by atoms with Crippen LogP contribution in [0.15, 0.2) is 62.4 Å². The number of benzene rings is 1. The fourth-order valence-corrected chi connectivity index (χ4v) is 3.57. The summed E-state index contributed by atoms with van der Waals surface area (Å²) in [4.78, 5) is 15.9. The van der Waals surface area contributed by atoms with Gasteiger partial charge in [0.2, 0.25) is 5.76 Å². The Morgan fingerprint density at radius 2 is 1.94 bits per heavy atom. The third-order valence-corrected chi connectivity index (χ3v) is 5.24. The molecule has 0 unspecified atom stereocenters. The summed E-state index contributed by atoms with van der Waals surface area (Å²) in [5, 5.41) is 14.4. The average Bonchev–Trinajstić information content (AvgIpc) is 3.60. The first kappa shape index (κ1) is 19.8. The van der Waals surface area contributed by atoms with E-state index in [1.165, 1.54) is 24.6 Å². The number of carbonyl (C=O) groups is 1. The Bertz CT molecular complexity index is 1180. The number of hydrogen-bond acceptors (Lipinski definition) is 9. The lowest BCUT2D eigenvalue weighted by Crippen LogP contribution is -2.49. The van der Waals surface area contributed by atoms with Gasteiger partial charge >= 0.3 is 0 Å². The zero-order chi connectivity index (χ0) is 21.9. The Hall–Kier alpha value is -4.15. The minimum Gasteiger partial charge on any atom is -0.366 e. The van der Waals surface area contributed by atoms with Crippen molar-refractivity contribution >= 4 is 17.4 Å². The van der Waals surface area contributed by atoms with Gasteiger partial charge in [0.05, 0.1) is 18.4 Å². The highest BCUT2D eigenvalue weighted by molar-refractivity contribution is 5.91. The number of aromatic nitrogens is 3. The van der Waals surface area contributed by atoms with Crippen LogP contribution in [-0.4, -0.2) is 52.5 Å². The van der Waals surface area contributed by atoms with Gasteiger partial charge < -0.3 is 28.7 Å². The third kappa shape index (κ3) is 4.04. The Kier molecular flexibility index (Phi) is 5.28. The second-order valence-electron chi connectivity index (χ2n) is 7.24. The molecule has 164 valence electrons. The molecule has 0 radical (unpaired) electrons. The van der Waals surface area contributed by atoms with E-state index in [-0.39, 0.29) is 17.5 Å². The van der Waals surface area contributed by atoms with Crippen LogP contribution in [-0.2, 0) is 6.54 Å². The van der Waals surface area contributed by atoms with Gasteiger partial charge in [-0.05, 0) is 12.1 Å². The van der Waals surface area contributed by atoms with Crippen molar-refractivity contribution in [3.05, 3.63) is 66.2 Å². The smallest absolute Gasteiger partial charge is 0.292 e. The SMILES string of the molecule is O=C(c1ccno1)N1CCN(c2ccc(-c3cc(CNc4ccon4)on3)cc2F)CC1. The topological polar surface area (TPSA) is 114 Å². The predicted molar refractivity (Wildman–Crippen MR) is 110 cm³/mol. The maximum atomic E-state index is 14.9. The fourth-order valence-electron chi connectivity index (χ4n) is 3.57. The molecular weight excluding hydrogens is 419 g/mol. The molecule has 3 aromatic heterocycles. The third-order valence-electron chi connectivity index (χ3n) is 5.24. The predicted octanol–water partition coefficient (Wildman–Crippen LogP) is 3.03. The Morgan fingerprint density at radius 3 is 2.66 bits per heavy atom. The molecule has 1 fully saturated rings. The minimum atomic E-state index is -0.359. The largest absolute Gasteiger partial charge is 0.366 e. The summed E-state index contributed by atoms with van der Waals surface area (Å²) in [6, 6.07) is 9.93. The van der Waals surface area contributed by atoms with Crippen molar-refractivity contribution in [2.24, 2.45) is 0 Å². The van der Waals surface area contributed by atoms with Gasteiger partial charge in [0.1, 0.15) is 17.8 Å². The Morgan fingerprint density at radius 1 is 1.06 bits per heavy atom. The van der Waals surface area contributed by atoms with Crippen LogP contribution >= 0.6 is 0 Å². The van der Waals surface area contributed by atoms with Gasteiger partial charge in [-0.3, -0.25) is 4.79 Å². The maximum absolute atomic E-state index is 14.9. The van der Waals surface area contributed by atoms with Crippen molar-refractivity contribution in [2.75, 3.05) is 36.4 Å². The van der Waals surface area contributed by atoms with Crippen LogP contribution in [0.3, 0.4) is 0 Å². The summed E-state index contributed by atoms with van der Waals surface area (Å²) in [6.45, 7) is 2.32. The Labute approximate surface area is 181 Å². The van der Waals surface area contributed by atoms with E-state index < -0.39 is 0 Å². The number of hydrogen-bond donors (Lipinski definition) is 1. The lowest BCUT2D eigenvalue weighted by Gasteiger charge is -2.35. The van der Waals surface area contributed by atoms with Gasteiger partial charge in [0.25, 0.3) is 5.91 Å². The summed E-state index contributed by atoms with van der Waals surface area (Å²) in [7, 11) is 0. The van der Waals surface area contributed by atoms with Crippen LogP contribution in [0.1, 0.15) is 16.3 Å². The molecule has 0 spiro atoms. The molecule has 0 saturated carbocycles. The molecule has 1 N–H and O–H groups in total. The van der Waals surface area contributed by atoms with Crippen molar-refractivity contribution in [3.8, 4) is 11.3 Å². The van der Waals surface area contributed by atoms with Crippen LogP contribution < -0.4 is 10.2 Å². The van der Waals surface area contributed by atoms with Crippen LogP contribution in [0.4, 0.5) is 15.9 Å². The van der Waals surface area contributed by atoms with E-state index in [1.807, 2.05) is 4.90 Å². The van der Waals surface area contributed by atoms with Gasteiger partial charge in [-0.25, -0.2) is 4.39 Å². The molecule has 0 bridgehead atoms. The second kappa shape index (κ2) is 8.53. The second-order valence-corrected chi connectivity index (χ2v) is 7.24. The van der Waals surface area contributed by atoms with Gasteiger partial charge in [0, 0.05) is 49.9 Å². The molecule has 0 atom stereocenters. The molecule has 4 aromatic rings. The zero-order valence-electron chi connectivity index (χ0n) is 16.9. The first-order valence-electron chi connectivity index (χ1n) is 10.0. The molecule has 1 saturated heterocycles. The number of halogens is 1. The number of nitrogens with zero attached hydrogens (tertiary/aromatic N) is 5. The summed E-state index contributed by atoms with van der Waals surface area (Å²) >= 11 is 0. The van der Waals surface area contributed by atoms with E-state index in [1.54, 1.807) is 29.2 Å². The summed E-state index contributed by atoms with van der Waals surface area (Å²) < 4.78 is 29.9. The monoisotopic (exact) mass is 438 g/mol. The van der Waals surface area contributed by atoms with E-state index in [0.717, 1.165) is 0 Å². The lowest BCUT2D eigenvalue weighted by molar-refractivity contribution is 0.0704. The summed E-state index contributed by atoms with van der Waals surface area (Å²) in [6.07, 6.45) is 2.90. The van der Waals surface area contributed by atoms with E-state index in [0.29, 0.717) is 61.2 Å². The summed E-state index contributed by atoms with van der Waals surface area (Å²) in [5.41, 5.74) is 1.63. The van der Waals surface area contributed by atoms with Crippen molar-refractivity contribution in [2.45, 2.75) is 6.54 Å². The standard InChI is InChI=1S/C21H19FN6O4/c22-16-11-14(17-12-15(31-25-17)13-23-20-4-10-30-26-20)1-2-18(16)27-6-8-28(9-7-27)21(29)19-3-5-24-32-19/h1-5,10-12H,6-9,13H2,(H,23,26). The van der Waals surface area contributed by atoms with Crippen LogP contribution in [0, 0.1) is 5.82 Å². The molecular formula is C21H19FN6O4. The summed E-state index contributed by atoms with van der Waals surface area (Å²) in [5.74, 6) is 0.804. The number of nitrogens with one attached hydrogen (secondary N) is 1. The number of anilines is 2. The number of piperazine rings is 1. The van der Waals surface area contributed by atoms with Crippen molar-refractivity contribution in [3.63, 3.8) is 0 Å². The number of carbonyl (C=O) groups excluding carboxylic acids is 1. The molecule has 1 aliphatic rings. The molecule has 5 rings (SSSR count). The molecule has 4 heterocycles. The number of rotatable bonds is 6. The molecule has 11 heteroatoms. The quantitative estimate of drug-likeness (QED) is 0.485. The fraction of sp³-hybridized carbons (Fsp3) is 0.238. The maximum Gasteiger partial charge on any atom is 0.292 e.